The van der Waals surface area contributed by atoms with Gasteiger partial charge in [0.05, 0.1) is 42.3 Å². The number of hydrogen-bond donors (Lipinski definition) is 10. The quantitative estimate of drug-likeness (QED) is 0.0226. The Morgan fingerprint density at radius 1 is 0.798 bits per heavy atom. The number of ether oxygens (including phenoxy) is 5. The minimum atomic E-state index is -2.46. The zero-order chi connectivity index (χ0) is 69.4. The van der Waals surface area contributed by atoms with Crippen LogP contribution in [0.5, 0.6) is 0 Å². The van der Waals surface area contributed by atoms with Crippen molar-refractivity contribution in [2.24, 2.45) is 27.9 Å². The number of hydrogen-bond acceptors (Lipinski definition) is 19. The average Bonchev–Trinajstić information content (AvgIpc) is 0.671. The van der Waals surface area contributed by atoms with Crippen molar-refractivity contribution in [1.29, 1.82) is 0 Å². The monoisotopic (exact) mass is 1330 g/mol. The summed E-state index contributed by atoms with van der Waals surface area (Å²) in [6.07, 6.45) is -11.6. The fourth-order valence-electron chi connectivity index (χ4n) is 13.0. The first kappa shape index (κ1) is 73.3. The van der Waals surface area contributed by atoms with Crippen LogP contribution < -0.4 is 32.3 Å². The first-order valence-corrected chi connectivity index (χ1v) is 31.5. The number of carbonyl (C=O) groups is 11. The van der Waals surface area contributed by atoms with Gasteiger partial charge in [0.1, 0.15) is 48.1 Å². The van der Waals surface area contributed by atoms with Crippen LogP contribution in [0.1, 0.15) is 146 Å². The number of carboxylic acids is 1. The maximum Gasteiger partial charge on any atom is 0.338 e. The van der Waals surface area contributed by atoms with Gasteiger partial charge in [-0.2, -0.15) is 0 Å². The Morgan fingerprint density at radius 2 is 1.44 bits per heavy atom. The molecule has 0 spiro atoms. The van der Waals surface area contributed by atoms with E-state index in [9.17, 15) is 63.6 Å². The van der Waals surface area contributed by atoms with Gasteiger partial charge < -0.3 is 76.4 Å². The first-order chi connectivity index (χ1) is 44.1. The molecule has 94 heavy (non-hydrogen) atoms. The fourth-order valence-corrected chi connectivity index (χ4v) is 13.2. The number of halogens is 1. The molecule has 0 aromatic heterocycles. The molecule has 1 heterocycles. The first-order valence-electron chi connectivity index (χ1n) is 31.1. The second-order valence-electron chi connectivity index (χ2n) is 26.3. The number of aliphatic carboxylic acids is 1. The van der Waals surface area contributed by atoms with E-state index in [1.807, 2.05) is 0 Å². The lowest BCUT2D eigenvalue weighted by molar-refractivity contribution is -0.346. The fraction of sp³-hybridized carbons (Fsp3) is 0.537. The smallest absolute Gasteiger partial charge is 0.338 e. The van der Waals surface area contributed by atoms with Gasteiger partial charge in [0, 0.05) is 60.6 Å². The summed E-state index contributed by atoms with van der Waals surface area (Å²) in [7, 11) is 0. The highest BCUT2D eigenvalue weighted by Gasteiger charge is 2.78. The van der Waals surface area contributed by atoms with Gasteiger partial charge in [-0.15, -0.1) is 0 Å². The average molecular weight is 1330 g/mol. The number of amides is 6. The Hall–Kier alpha value is -8.14. The lowest BCUT2D eigenvalue weighted by Gasteiger charge is -2.67. The maximum atomic E-state index is 15.4. The number of fused-ring (bicyclic) bond motifs is 5. The van der Waals surface area contributed by atoms with E-state index in [4.69, 9.17) is 41.0 Å². The van der Waals surface area contributed by atoms with E-state index in [0.717, 1.165) is 6.92 Å². The number of benzene rings is 3. The van der Waals surface area contributed by atoms with Gasteiger partial charge >= 0.3 is 23.9 Å². The van der Waals surface area contributed by atoms with Crippen molar-refractivity contribution < 1.29 is 96.9 Å². The summed E-state index contributed by atoms with van der Waals surface area (Å²) >= 11 is 5.88. The molecule has 0 unspecified atom stereocenters. The summed E-state index contributed by atoms with van der Waals surface area (Å²) in [5.74, 6) is -11.1. The molecule has 510 valence electrons. The zero-order valence-corrected chi connectivity index (χ0v) is 54.7. The number of aliphatic hydroxyl groups excluding tert-OH is 2. The summed E-state index contributed by atoms with van der Waals surface area (Å²) < 4.78 is 31.1. The number of ketones is 1. The predicted octanol–water partition coefficient (Wildman–Crippen LogP) is 3.39. The molecular weight excluding hydrogens is 1240 g/mol. The third-order valence-corrected chi connectivity index (χ3v) is 18.8. The molecule has 11 N–H and O–H groups in total. The molecule has 27 heteroatoms. The van der Waals surface area contributed by atoms with Gasteiger partial charge in [0.2, 0.25) is 29.5 Å². The van der Waals surface area contributed by atoms with Crippen molar-refractivity contribution >= 4 is 76.7 Å². The molecule has 0 radical (unpaired) electrons. The van der Waals surface area contributed by atoms with E-state index in [-0.39, 0.29) is 73.9 Å². The SMILES string of the molecule is CC(=O)O[C@@]12CO[C@@H]1C[C@H](O)[C@@]1(C)C(=O)[C@H](O)C3=C(C)[C@@H](OC(=O)[C@H](OCCC(=O)NCCCC[C@H](NC(=O)CC[C@@H](NC(=O)[C@H](C)NC(=O)c4ccc(Cl)cc4)C(N)=O)C(=O)O)[C@@H](NC(=O)C(C)(C)C)c4ccccc4)C[C@@](O)([C@@H](OC(=O)c4ccccc4)[C@H]21)C3(C)C. The van der Waals surface area contributed by atoms with Crippen molar-refractivity contribution in [3.63, 3.8) is 0 Å². The van der Waals surface area contributed by atoms with Gasteiger partial charge in [-0.05, 0) is 99.6 Å². The molecule has 1 aliphatic heterocycles. The summed E-state index contributed by atoms with van der Waals surface area (Å²) in [5.41, 5.74) is -3.06. The number of Topliss-reactive ketones (excluding diaryl/α,β-unsaturated/α-hetero) is 1. The van der Waals surface area contributed by atoms with Crippen LogP contribution >= 0.6 is 11.6 Å². The van der Waals surface area contributed by atoms with Gasteiger partial charge in [-0.1, -0.05) is 94.8 Å². The largest absolute Gasteiger partial charge is 0.480 e. The number of unbranched alkanes of at least 4 members (excludes halogenated alkanes) is 1. The number of aliphatic hydroxyl groups is 3. The summed E-state index contributed by atoms with van der Waals surface area (Å²) in [5, 5.41) is 61.8. The van der Waals surface area contributed by atoms with E-state index in [0.29, 0.717) is 10.6 Å². The topological polar surface area (TPSA) is 401 Å². The second kappa shape index (κ2) is 30.1. The Bertz CT molecular complexity index is 3380. The van der Waals surface area contributed by atoms with E-state index < -0.39 is 179 Å². The summed E-state index contributed by atoms with van der Waals surface area (Å²) in [6, 6.07) is 16.7. The maximum absolute atomic E-state index is 15.4. The van der Waals surface area contributed by atoms with Gasteiger partial charge in [-0.3, -0.25) is 38.4 Å². The highest BCUT2D eigenvalue weighted by molar-refractivity contribution is 6.30. The molecule has 3 aliphatic carbocycles. The Balaban J connectivity index is 1.06. The number of carboxylic acid groups (broad SMARTS) is 1. The Labute approximate surface area is 549 Å². The third-order valence-electron chi connectivity index (χ3n) is 18.5. The molecule has 4 aliphatic rings. The van der Waals surface area contributed by atoms with E-state index in [1.54, 1.807) is 69.3 Å². The van der Waals surface area contributed by atoms with Gasteiger partial charge in [-0.25, -0.2) is 14.4 Å². The molecule has 2 bridgehead atoms. The second-order valence-corrected chi connectivity index (χ2v) is 26.7. The summed E-state index contributed by atoms with van der Waals surface area (Å²) in [6.45, 7) is 12.5. The van der Waals surface area contributed by atoms with Crippen molar-refractivity contribution in [2.45, 2.75) is 186 Å². The van der Waals surface area contributed by atoms with Gasteiger partial charge in [0.15, 0.2) is 17.5 Å². The van der Waals surface area contributed by atoms with E-state index in [1.165, 1.54) is 71.0 Å². The van der Waals surface area contributed by atoms with Crippen LogP contribution in [0.15, 0.2) is 96.1 Å². The van der Waals surface area contributed by atoms with Crippen LogP contribution in [0, 0.1) is 22.2 Å². The number of esters is 3. The number of carbonyl (C=O) groups excluding carboxylic acids is 10. The van der Waals surface area contributed by atoms with Crippen molar-refractivity contribution in [3.05, 3.63) is 118 Å². The molecular formula is C67H85ClN6O20. The van der Waals surface area contributed by atoms with Crippen molar-refractivity contribution in [1.82, 2.24) is 26.6 Å². The minimum absolute atomic E-state index is 0.0248. The molecule has 2 saturated carbocycles. The predicted molar refractivity (Wildman–Crippen MR) is 335 cm³/mol. The number of primary amides is 1. The zero-order valence-electron chi connectivity index (χ0n) is 54.0. The van der Waals surface area contributed by atoms with Crippen molar-refractivity contribution in [2.75, 3.05) is 19.8 Å². The van der Waals surface area contributed by atoms with E-state index in [2.05, 4.69) is 26.6 Å². The highest BCUT2D eigenvalue weighted by atomic mass is 35.5. The van der Waals surface area contributed by atoms with Crippen LogP contribution in [0.4, 0.5) is 0 Å². The summed E-state index contributed by atoms with van der Waals surface area (Å²) in [4.78, 5) is 149. The van der Waals surface area contributed by atoms with Crippen LogP contribution in [-0.4, -0.2) is 171 Å². The molecule has 7 rings (SSSR count). The minimum Gasteiger partial charge on any atom is -0.480 e. The normalized spacial score (nSPS) is 26.0. The van der Waals surface area contributed by atoms with Crippen LogP contribution in [0.25, 0.3) is 0 Å². The highest BCUT2D eigenvalue weighted by Crippen LogP contribution is 2.64. The van der Waals surface area contributed by atoms with Crippen molar-refractivity contribution in [3.8, 4) is 0 Å². The molecule has 6 amide bonds. The van der Waals surface area contributed by atoms with Crippen LogP contribution in [0.2, 0.25) is 5.02 Å². The molecule has 14 atom stereocenters. The molecule has 1 saturated heterocycles. The number of rotatable bonds is 27. The van der Waals surface area contributed by atoms with Crippen LogP contribution in [-0.2, 0) is 66.8 Å². The molecule has 3 fully saturated rings. The van der Waals surface area contributed by atoms with Crippen LogP contribution in [0.3, 0.4) is 0 Å². The lowest BCUT2D eigenvalue weighted by Crippen LogP contribution is -2.81. The Kier molecular flexibility index (Phi) is 23.4. The van der Waals surface area contributed by atoms with E-state index >= 15 is 9.59 Å². The molecule has 3 aromatic rings. The Morgan fingerprint density at radius 3 is 2.02 bits per heavy atom. The molecule has 26 nitrogen and oxygen atoms in total. The number of nitrogens with one attached hydrogen (secondary N) is 5. The number of nitrogens with two attached hydrogens (primary N) is 1. The molecule has 3 aromatic carbocycles. The van der Waals surface area contributed by atoms with Gasteiger partial charge in [0.25, 0.3) is 5.91 Å². The third kappa shape index (κ3) is 16.0. The standard InChI is InChI=1S/C67H85ClN6O20/c1-35-44(33-67(89)55(93-60(86)40-20-14-11-15-21-40)53-65(9,54(80)51(79)49(35)64(67,7)8)45(76)32-46-66(53,34-91-46)94-37(3)75)92-61(87)52(50(38-18-12-10-13-19-38)74-62(88)63(4,5)6)90-31-29-47(77)70-30-17-16-22-43(59(84)85)72-48(78)28-27-42(56(69)81)73-57(82)36(2)71-58(83)39-23-25-41(68)26-24-39/h10-15,18-21,23-26,36,42-46,50-53,55,76,79,89H,16-17,22,27-34H2,1-9H3,(H2,69,81)(H,70,77)(H,71,83)(H,72,78)(H,73,82)(H,74,88)(H,84,85)/t36-,42+,43-,44-,45-,46+,50-,51+,52+,53-,55-,65+,66-,67+/m0/s1. The lowest BCUT2D eigenvalue weighted by atomic mass is 9.44.